The molecular weight excluding hydrogens is 502 g/mol. The highest BCUT2D eigenvalue weighted by atomic mass is 35.5. The van der Waals surface area contributed by atoms with Crippen LogP contribution in [0.2, 0.25) is 15.1 Å². The van der Waals surface area contributed by atoms with Crippen molar-refractivity contribution in [2.24, 2.45) is 5.10 Å². The van der Waals surface area contributed by atoms with Gasteiger partial charge in [-0.15, -0.1) is 0 Å². The van der Waals surface area contributed by atoms with Crippen molar-refractivity contribution >= 4 is 46.8 Å². The number of pyridine rings is 1. The van der Waals surface area contributed by atoms with Crippen LogP contribution in [0, 0.1) is 0 Å². The molecule has 33 heavy (non-hydrogen) atoms. The lowest BCUT2D eigenvalue weighted by Crippen LogP contribution is -2.05. The average molecular weight is 519 g/mol. The largest absolute Gasteiger partial charge is 0.490 e. The molecule has 2 aromatic carbocycles. The van der Waals surface area contributed by atoms with Crippen molar-refractivity contribution in [3.05, 3.63) is 80.4 Å². The number of hydrazone groups is 1. The summed E-state index contributed by atoms with van der Waals surface area (Å²) in [6, 6.07) is 10.4. The number of benzene rings is 2. The fourth-order valence-corrected chi connectivity index (χ4v) is 3.39. The zero-order valence-electron chi connectivity index (χ0n) is 17.1. The maximum atomic E-state index is 12.6. The van der Waals surface area contributed by atoms with Crippen molar-refractivity contribution < 1.29 is 22.6 Å². The molecule has 3 rings (SSSR count). The van der Waals surface area contributed by atoms with Gasteiger partial charge in [-0.25, -0.2) is 4.98 Å². The number of halogens is 6. The summed E-state index contributed by atoms with van der Waals surface area (Å²) in [5, 5.41) is 5.24. The van der Waals surface area contributed by atoms with E-state index in [1.807, 2.05) is 6.92 Å². The van der Waals surface area contributed by atoms with Gasteiger partial charge in [0.25, 0.3) is 0 Å². The lowest BCUT2D eigenvalue weighted by molar-refractivity contribution is -0.137. The van der Waals surface area contributed by atoms with E-state index in [4.69, 9.17) is 44.3 Å². The Morgan fingerprint density at radius 3 is 2.45 bits per heavy atom. The Morgan fingerprint density at radius 1 is 1.03 bits per heavy atom. The van der Waals surface area contributed by atoms with E-state index in [1.54, 1.807) is 30.3 Å². The summed E-state index contributed by atoms with van der Waals surface area (Å²) in [5.41, 5.74) is 3.01. The van der Waals surface area contributed by atoms with Crippen LogP contribution in [0.4, 0.5) is 19.0 Å². The first-order chi connectivity index (χ1) is 15.7. The fraction of sp³-hybridized carbons (Fsp3) is 0.182. The van der Waals surface area contributed by atoms with Crippen LogP contribution in [0.3, 0.4) is 0 Å². The summed E-state index contributed by atoms with van der Waals surface area (Å²) in [7, 11) is 0. The summed E-state index contributed by atoms with van der Waals surface area (Å²) in [5.74, 6) is 0.874. The van der Waals surface area contributed by atoms with E-state index < -0.39 is 11.7 Å². The quantitative estimate of drug-likeness (QED) is 0.248. The summed E-state index contributed by atoms with van der Waals surface area (Å²) in [4.78, 5) is 3.69. The van der Waals surface area contributed by atoms with Gasteiger partial charge in [0.05, 0.1) is 23.4 Å². The molecule has 1 N–H and O–H groups in total. The Kier molecular flexibility index (Phi) is 8.29. The van der Waals surface area contributed by atoms with E-state index in [0.29, 0.717) is 33.7 Å². The third kappa shape index (κ3) is 6.90. The van der Waals surface area contributed by atoms with Crippen molar-refractivity contribution in [1.82, 2.24) is 4.98 Å². The van der Waals surface area contributed by atoms with Gasteiger partial charge in [0.1, 0.15) is 12.4 Å². The Hall–Kier alpha value is -2.68. The Morgan fingerprint density at radius 2 is 1.82 bits per heavy atom. The van der Waals surface area contributed by atoms with Crippen LogP contribution >= 0.6 is 34.8 Å². The average Bonchev–Trinajstić information content (AvgIpc) is 2.74. The minimum absolute atomic E-state index is 0.143. The molecule has 11 heteroatoms. The summed E-state index contributed by atoms with van der Waals surface area (Å²) in [6.07, 6.45) is -2.31. The lowest BCUT2D eigenvalue weighted by Gasteiger charge is -2.15. The first-order valence-electron chi connectivity index (χ1n) is 9.52. The first kappa shape index (κ1) is 25.0. The van der Waals surface area contributed by atoms with Crippen LogP contribution in [0.15, 0.2) is 53.8 Å². The molecule has 3 aromatic rings. The molecule has 0 atom stereocenters. The van der Waals surface area contributed by atoms with Crippen LogP contribution in [-0.4, -0.2) is 17.8 Å². The highest BCUT2D eigenvalue weighted by Gasteiger charge is 2.30. The van der Waals surface area contributed by atoms with E-state index >= 15 is 0 Å². The van der Waals surface area contributed by atoms with Gasteiger partial charge in [-0.05, 0) is 48.9 Å². The lowest BCUT2D eigenvalue weighted by atomic mass is 10.2. The number of nitrogens with zero attached hydrogens (tertiary/aromatic N) is 2. The van der Waals surface area contributed by atoms with Gasteiger partial charge < -0.3 is 9.47 Å². The minimum atomic E-state index is -4.45. The molecule has 0 amide bonds. The molecule has 0 aliphatic heterocycles. The SMILES string of the molecule is CCOc1cc(/C=N\Nc2ccc(C(F)(F)F)cn2)cc(Cl)c1OCc1ccc(Cl)cc1Cl. The fourth-order valence-electron chi connectivity index (χ4n) is 2.65. The molecule has 5 nitrogen and oxygen atoms in total. The highest BCUT2D eigenvalue weighted by Crippen LogP contribution is 2.37. The predicted molar refractivity (Wildman–Crippen MR) is 124 cm³/mol. The molecule has 0 saturated carbocycles. The number of ether oxygens (including phenoxy) is 2. The molecule has 0 unspecified atom stereocenters. The molecule has 0 aliphatic carbocycles. The second kappa shape index (κ2) is 11.0. The molecule has 0 saturated heterocycles. The smallest absolute Gasteiger partial charge is 0.417 e. The molecule has 0 aliphatic rings. The molecule has 0 fully saturated rings. The van der Waals surface area contributed by atoms with Crippen molar-refractivity contribution in [3.63, 3.8) is 0 Å². The molecular formula is C22H17Cl3F3N3O2. The van der Waals surface area contributed by atoms with Crippen LogP contribution in [-0.2, 0) is 12.8 Å². The molecule has 0 bridgehead atoms. The van der Waals surface area contributed by atoms with Gasteiger partial charge in [0.15, 0.2) is 11.5 Å². The number of nitrogens with one attached hydrogen (secondary N) is 1. The monoisotopic (exact) mass is 517 g/mol. The van der Waals surface area contributed by atoms with Crippen LogP contribution in [0.1, 0.15) is 23.6 Å². The zero-order chi connectivity index (χ0) is 24.0. The predicted octanol–water partition coefficient (Wildman–Crippen LogP) is 7.48. The first-order valence-corrected chi connectivity index (χ1v) is 10.7. The summed E-state index contributed by atoms with van der Waals surface area (Å²) < 4.78 is 49.3. The number of anilines is 1. The maximum absolute atomic E-state index is 12.6. The maximum Gasteiger partial charge on any atom is 0.417 e. The van der Waals surface area contributed by atoms with Crippen LogP contribution in [0.25, 0.3) is 0 Å². The number of aromatic nitrogens is 1. The molecule has 0 spiro atoms. The van der Waals surface area contributed by atoms with Gasteiger partial charge >= 0.3 is 6.18 Å². The summed E-state index contributed by atoms with van der Waals surface area (Å²) in [6.45, 7) is 2.32. The zero-order valence-corrected chi connectivity index (χ0v) is 19.4. The van der Waals surface area contributed by atoms with Gasteiger partial charge in [-0.2, -0.15) is 18.3 Å². The van der Waals surface area contributed by atoms with Crippen LogP contribution < -0.4 is 14.9 Å². The Bertz CT molecular complexity index is 1140. The molecule has 1 aromatic heterocycles. The van der Waals surface area contributed by atoms with E-state index in [2.05, 4.69) is 15.5 Å². The van der Waals surface area contributed by atoms with Crippen molar-refractivity contribution in [1.29, 1.82) is 0 Å². The number of alkyl halides is 3. The van der Waals surface area contributed by atoms with E-state index in [-0.39, 0.29) is 17.4 Å². The normalized spacial score (nSPS) is 11.6. The van der Waals surface area contributed by atoms with Gasteiger partial charge in [0, 0.05) is 21.8 Å². The van der Waals surface area contributed by atoms with E-state index in [1.165, 1.54) is 12.3 Å². The number of hydrogen-bond donors (Lipinski definition) is 1. The third-order valence-corrected chi connectivity index (χ3v) is 5.07. The van der Waals surface area contributed by atoms with Crippen molar-refractivity contribution in [2.45, 2.75) is 19.7 Å². The highest BCUT2D eigenvalue weighted by molar-refractivity contribution is 6.35. The van der Waals surface area contributed by atoms with Gasteiger partial charge in [-0.3, -0.25) is 5.43 Å². The Balaban J connectivity index is 1.73. The van der Waals surface area contributed by atoms with Crippen LogP contribution in [0.5, 0.6) is 11.5 Å². The second-order valence-electron chi connectivity index (χ2n) is 6.59. The number of rotatable bonds is 8. The van der Waals surface area contributed by atoms with Gasteiger partial charge in [-0.1, -0.05) is 40.9 Å². The van der Waals surface area contributed by atoms with E-state index in [9.17, 15) is 13.2 Å². The number of hydrogen-bond acceptors (Lipinski definition) is 5. The van der Waals surface area contributed by atoms with Gasteiger partial charge in [0.2, 0.25) is 0 Å². The summed E-state index contributed by atoms with van der Waals surface area (Å²) >= 11 is 18.5. The molecule has 174 valence electrons. The third-order valence-electron chi connectivity index (χ3n) is 4.20. The van der Waals surface area contributed by atoms with Crippen molar-refractivity contribution in [2.75, 3.05) is 12.0 Å². The minimum Gasteiger partial charge on any atom is -0.490 e. The topological polar surface area (TPSA) is 55.7 Å². The molecule has 1 heterocycles. The van der Waals surface area contributed by atoms with Crippen molar-refractivity contribution in [3.8, 4) is 11.5 Å². The van der Waals surface area contributed by atoms with E-state index in [0.717, 1.165) is 17.8 Å². The standard InChI is InChI=1S/C22H17Cl3F3N3O2/c1-2-32-19-8-13(10-30-31-20-6-4-15(11-29-20)22(26,27)28)7-18(25)21(19)33-12-14-3-5-16(23)9-17(14)24/h3-11H,2,12H2,1H3,(H,29,31)/b30-10-. The Labute approximate surface area is 203 Å². The molecule has 0 radical (unpaired) electrons. The second-order valence-corrected chi connectivity index (χ2v) is 7.84.